The molecule has 100 valence electrons. The standard InChI is InChI=1S/C15H18N2O2/c1-17-9-14(10-17)19-13-5-3-12(4-6-13)15(16-11-18)7-2-8-15/h3-6,14H,2,7-10H2,1H3. The number of isocyanates is 1. The maximum absolute atomic E-state index is 10.6. The topological polar surface area (TPSA) is 41.9 Å². The number of benzene rings is 1. The summed E-state index contributed by atoms with van der Waals surface area (Å²) < 4.78 is 5.85. The van der Waals surface area contributed by atoms with Gasteiger partial charge in [0.2, 0.25) is 6.08 Å². The molecule has 4 nitrogen and oxygen atoms in total. The molecule has 4 heteroatoms. The minimum Gasteiger partial charge on any atom is -0.488 e. The summed E-state index contributed by atoms with van der Waals surface area (Å²) in [4.78, 5) is 16.8. The van der Waals surface area contributed by atoms with Crippen LogP contribution in [0, 0.1) is 0 Å². The van der Waals surface area contributed by atoms with Crippen LogP contribution in [0.4, 0.5) is 0 Å². The van der Waals surface area contributed by atoms with Crippen LogP contribution in [0.25, 0.3) is 0 Å². The lowest BCUT2D eigenvalue weighted by molar-refractivity contribution is 0.0388. The van der Waals surface area contributed by atoms with E-state index in [0.29, 0.717) is 6.10 Å². The number of likely N-dealkylation sites (tertiary alicyclic amines) is 1. The van der Waals surface area contributed by atoms with E-state index in [1.807, 2.05) is 24.3 Å². The minimum atomic E-state index is -0.309. The van der Waals surface area contributed by atoms with Gasteiger partial charge in [-0.25, -0.2) is 4.79 Å². The summed E-state index contributed by atoms with van der Waals surface area (Å²) in [5.74, 6) is 0.895. The van der Waals surface area contributed by atoms with Gasteiger partial charge in [-0.15, -0.1) is 0 Å². The second kappa shape index (κ2) is 4.80. The molecule has 2 fully saturated rings. The van der Waals surface area contributed by atoms with E-state index in [1.54, 1.807) is 6.08 Å². The Morgan fingerprint density at radius 1 is 1.32 bits per heavy atom. The molecule has 0 unspecified atom stereocenters. The molecule has 2 aliphatic rings. The first-order chi connectivity index (χ1) is 9.22. The van der Waals surface area contributed by atoms with Crippen molar-refractivity contribution in [3.05, 3.63) is 29.8 Å². The third kappa shape index (κ3) is 2.29. The normalized spacial score (nSPS) is 21.9. The lowest BCUT2D eigenvalue weighted by Gasteiger charge is -2.38. The fourth-order valence-corrected chi connectivity index (χ4v) is 2.82. The highest BCUT2D eigenvalue weighted by molar-refractivity contribution is 5.41. The van der Waals surface area contributed by atoms with Crippen molar-refractivity contribution in [2.24, 2.45) is 4.99 Å². The smallest absolute Gasteiger partial charge is 0.235 e. The molecular weight excluding hydrogens is 240 g/mol. The van der Waals surface area contributed by atoms with Crippen molar-refractivity contribution in [2.75, 3.05) is 20.1 Å². The molecule has 1 saturated heterocycles. The second-order valence-electron chi connectivity index (χ2n) is 5.57. The molecular formula is C15H18N2O2. The predicted molar refractivity (Wildman–Crippen MR) is 72.0 cm³/mol. The monoisotopic (exact) mass is 258 g/mol. The second-order valence-corrected chi connectivity index (χ2v) is 5.57. The van der Waals surface area contributed by atoms with Crippen LogP contribution in [-0.2, 0) is 10.3 Å². The van der Waals surface area contributed by atoms with E-state index in [0.717, 1.165) is 43.7 Å². The molecule has 19 heavy (non-hydrogen) atoms. The van der Waals surface area contributed by atoms with Gasteiger partial charge in [0, 0.05) is 13.1 Å². The molecule has 0 bridgehead atoms. The van der Waals surface area contributed by atoms with Crippen LogP contribution in [0.15, 0.2) is 29.3 Å². The highest BCUT2D eigenvalue weighted by Crippen LogP contribution is 2.44. The average Bonchev–Trinajstić information content (AvgIpc) is 2.33. The molecule has 1 aliphatic heterocycles. The predicted octanol–water partition coefficient (Wildman–Crippen LogP) is 2.09. The van der Waals surface area contributed by atoms with E-state index in [1.165, 1.54) is 0 Å². The Labute approximate surface area is 113 Å². The first kappa shape index (κ1) is 12.4. The quantitative estimate of drug-likeness (QED) is 0.613. The Balaban J connectivity index is 1.70. The maximum atomic E-state index is 10.6. The van der Waals surface area contributed by atoms with Crippen LogP contribution in [0.1, 0.15) is 24.8 Å². The molecule has 0 amide bonds. The van der Waals surface area contributed by atoms with E-state index in [2.05, 4.69) is 16.9 Å². The summed E-state index contributed by atoms with van der Waals surface area (Å²) in [5.41, 5.74) is 0.789. The van der Waals surface area contributed by atoms with Crippen molar-refractivity contribution in [2.45, 2.75) is 30.9 Å². The molecule has 1 aromatic rings. The summed E-state index contributed by atoms with van der Waals surface area (Å²) >= 11 is 0. The van der Waals surface area contributed by atoms with Crippen molar-refractivity contribution in [3.63, 3.8) is 0 Å². The summed E-state index contributed by atoms with van der Waals surface area (Å²) in [6.07, 6.45) is 5.03. The molecule has 0 radical (unpaired) electrons. The molecule has 1 aromatic carbocycles. The molecule has 0 N–H and O–H groups in total. The molecule has 1 saturated carbocycles. The van der Waals surface area contributed by atoms with E-state index >= 15 is 0 Å². The largest absolute Gasteiger partial charge is 0.488 e. The SMILES string of the molecule is CN1CC(Oc2ccc(C3(N=C=O)CCC3)cc2)C1. The van der Waals surface area contributed by atoms with Crippen molar-refractivity contribution in [3.8, 4) is 5.75 Å². The molecule has 1 aliphatic carbocycles. The highest BCUT2D eigenvalue weighted by Gasteiger charge is 2.38. The van der Waals surface area contributed by atoms with E-state index in [4.69, 9.17) is 4.74 Å². The van der Waals surface area contributed by atoms with Gasteiger partial charge in [0.05, 0.1) is 5.54 Å². The number of aliphatic imine (C=N–C) groups is 1. The number of likely N-dealkylation sites (N-methyl/N-ethyl adjacent to an activating group) is 1. The van der Waals surface area contributed by atoms with E-state index in [-0.39, 0.29) is 5.54 Å². The molecule has 1 heterocycles. The van der Waals surface area contributed by atoms with Crippen molar-refractivity contribution >= 4 is 6.08 Å². The maximum Gasteiger partial charge on any atom is 0.235 e. The third-order valence-electron chi connectivity index (χ3n) is 4.17. The van der Waals surface area contributed by atoms with E-state index < -0.39 is 0 Å². The van der Waals surface area contributed by atoms with Crippen LogP contribution >= 0.6 is 0 Å². The van der Waals surface area contributed by atoms with Crippen LogP contribution < -0.4 is 4.74 Å². The van der Waals surface area contributed by atoms with Crippen LogP contribution in [0.5, 0.6) is 5.75 Å². The number of ether oxygens (including phenoxy) is 1. The number of hydrogen-bond donors (Lipinski definition) is 0. The van der Waals surface area contributed by atoms with E-state index in [9.17, 15) is 4.79 Å². The summed E-state index contributed by atoms with van der Waals surface area (Å²) in [6.45, 7) is 1.97. The third-order valence-corrected chi connectivity index (χ3v) is 4.17. The van der Waals surface area contributed by atoms with Crippen LogP contribution in [-0.4, -0.2) is 37.2 Å². The van der Waals surface area contributed by atoms with Gasteiger partial charge >= 0.3 is 0 Å². The lowest BCUT2D eigenvalue weighted by atomic mass is 9.72. The average molecular weight is 258 g/mol. The van der Waals surface area contributed by atoms with Crippen molar-refractivity contribution < 1.29 is 9.53 Å². The Morgan fingerprint density at radius 2 is 2.00 bits per heavy atom. The number of hydrogen-bond acceptors (Lipinski definition) is 4. The summed E-state index contributed by atoms with van der Waals surface area (Å²) in [5, 5.41) is 0. The lowest BCUT2D eigenvalue weighted by Crippen LogP contribution is -2.51. The highest BCUT2D eigenvalue weighted by atomic mass is 16.5. The van der Waals surface area contributed by atoms with Gasteiger partial charge in [-0.3, -0.25) is 4.90 Å². The molecule has 0 spiro atoms. The number of carbonyl (C=O) groups excluding carboxylic acids is 1. The van der Waals surface area contributed by atoms with Gasteiger partial charge in [0.25, 0.3) is 0 Å². The van der Waals surface area contributed by atoms with Gasteiger partial charge < -0.3 is 4.74 Å². The number of rotatable bonds is 4. The molecule has 3 rings (SSSR count). The van der Waals surface area contributed by atoms with Gasteiger partial charge in [0.1, 0.15) is 11.9 Å². The Kier molecular flexibility index (Phi) is 3.13. The van der Waals surface area contributed by atoms with Gasteiger partial charge in [0.15, 0.2) is 0 Å². The van der Waals surface area contributed by atoms with Gasteiger partial charge in [-0.1, -0.05) is 12.1 Å². The summed E-state index contributed by atoms with van der Waals surface area (Å²) in [7, 11) is 2.08. The molecule has 0 aromatic heterocycles. The summed E-state index contributed by atoms with van der Waals surface area (Å²) in [6, 6.07) is 8.01. The zero-order valence-corrected chi connectivity index (χ0v) is 11.1. The molecule has 0 atom stereocenters. The fourth-order valence-electron chi connectivity index (χ4n) is 2.82. The zero-order valence-electron chi connectivity index (χ0n) is 11.1. The zero-order chi connectivity index (χ0) is 13.3. The Bertz CT molecular complexity index is 495. The van der Waals surface area contributed by atoms with Crippen LogP contribution in [0.2, 0.25) is 0 Å². The Hall–Kier alpha value is -1.64. The first-order valence-electron chi connectivity index (χ1n) is 6.77. The van der Waals surface area contributed by atoms with Crippen LogP contribution in [0.3, 0.4) is 0 Å². The van der Waals surface area contributed by atoms with Crippen molar-refractivity contribution in [1.82, 2.24) is 4.90 Å². The first-order valence-corrected chi connectivity index (χ1v) is 6.77. The fraction of sp³-hybridized carbons (Fsp3) is 0.533. The van der Waals surface area contributed by atoms with Gasteiger partial charge in [-0.2, -0.15) is 4.99 Å². The van der Waals surface area contributed by atoms with Crippen molar-refractivity contribution in [1.29, 1.82) is 0 Å². The Morgan fingerprint density at radius 3 is 2.47 bits per heavy atom. The van der Waals surface area contributed by atoms with Gasteiger partial charge in [-0.05, 0) is 44.0 Å². The number of nitrogens with zero attached hydrogens (tertiary/aromatic N) is 2. The minimum absolute atomic E-state index is 0.307.